The van der Waals surface area contributed by atoms with E-state index in [1.807, 2.05) is 6.07 Å². The zero-order valence-corrected chi connectivity index (χ0v) is 11.7. The molecule has 0 heterocycles. The van der Waals surface area contributed by atoms with Gasteiger partial charge in [-0.15, -0.1) is 0 Å². The Morgan fingerprint density at radius 1 is 1.18 bits per heavy atom. The summed E-state index contributed by atoms with van der Waals surface area (Å²) < 4.78 is 6.04. The number of ether oxygens (including phenoxy) is 1. The lowest BCUT2D eigenvalue weighted by Gasteiger charge is -2.31. The van der Waals surface area contributed by atoms with Crippen molar-refractivity contribution in [1.29, 1.82) is 0 Å². The highest BCUT2D eigenvalue weighted by atomic mass is 16.5. The van der Waals surface area contributed by atoms with Gasteiger partial charge in [-0.2, -0.15) is 0 Å². The van der Waals surface area contributed by atoms with Crippen LogP contribution in [0, 0.1) is 0 Å². The molecule has 0 amide bonds. The Morgan fingerprint density at radius 2 is 1.76 bits per heavy atom. The normalized spacial score (nSPS) is 15.6. The first kappa shape index (κ1) is 14.2. The van der Waals surface area contributed by atoms with Crippen molar-refractivity contribution < 1.29 is 4.74 Å². The van der Waals surface area contributed by atoms with Gasteiger partial charge in [0.1, 0.15) is 0 Å². The van der Waals surface area contributed by atoms with Crippen molar-refractivity contribution in [3.8, 4) is 0 Å². The Labute approximate surface area is 105 Å². The van der Waals surface area contributed by atoms with Crippen molar-refractivity contribution >= 4 is 0 Å². The van der Waals surface area contributed by atoms with Crippen LogP contribution in [-0.4, -0.2) is 18.2 Å². The van der Waals surface area contributed by atoms with E-state index in [0.717, 1.165) is 6.54 Å². The van der Waals surface area contributed by atoms with Crippen LogP contribution in [0.2, 0.25) is 0 Å². The number of benzene rings is 1. The standard InChI is InChI=1S/C15H25NO/c1-6-16-14(12(2)17-15(3,4)5)13-10-8-7-9-11-13/h7-12,14,16H,6H2,1-5H3. The molecule has 0 aliphatic heterocycles. The van der Waals surface area contributed by atoms with E-state index >= 15 is 0 Å². The smallest absolute Gasteiger partial charge is 0.0748 e. The molecular weight excluding hydrogens is 210 g/mol. The van der Waals surface area contributed by atoms with Gasteiger partial charge in [-0.25, -0.2) is 0 Å². The molecule has 0 saturated carbocycles. The highest BCUT2D eigenvalue weighted by molar-refractivity contribution is 5.20. The minimum atomic E-state index is -0.109. The number of nitrogens with one attached hydrogen (secondary N) is 1. The first-order valence-corrected chi connectivity index (χ1v) is 6.40. The van der Waals surface area contributed by atoms with E-state index in [1.165, 1.54) is 5.56 Å². The van der Waals surface area contributed by atoms with Gasteiger partial charge in [0, 0.05) is 0 Å². The van der Waals surface area contributed by atoms with Gasteiger partial charge in [0.25, 0.3) is 0 Å². The molecule has 0 fully saturated rings. The number of hydrogen-bond acceptors (Lipinski definition) is 2. The van der Waals surface area contributed by atoms with Crippen molar-refractivity contribution in [2.24, 2.45) is 0 Å². The van der Waals surface area contributed by atoms with Gasteiger partial charge in [-0.05, 0) is 39.8 Å². The van der Waals surface area contributed by atoms with E-state index in [-0.39, 0.29) is 17.7 Å². The van der Waals surface area contributed by atoms with Crippen LogP contribution in [0.1, 0.15) is 46.2 Å². The quantitative estimate of drug-likeness (QED) is 0.843. The molecule has 1 rings (SSSR count). The van der Waals surface area contributed by atoms with Crippen LogP contribution in [0.4, 0.5) is 0 Å². The van der Waals surface area contributed by atoms with E-state index in [2.05, 4.69) is 64.2 Å². The van der Waals surface area contributed by atoms with Crippen molar-refractivity contribution in [1.82, 2.24) is 5.32 Å². The summed E-state index contributed by atoms with van der Waals surface area (Å²) >= 11 is 0. The molecule has 0 aliphatic carbocycles. The predicted octanol–water partition coefficient (Wildman–Crippen LogP) is 3.54. The summed E-state index contributed by atoms with van der Waals surface area (Å²) in [6.45, 7) is 11.5. The maximum absolute atomic E-state index is 6.04. The maximum Gasteiger partial charge on any atom is 0.0748 e. The minimum Gasteiger partial charge on any atom is -0.371 e. The van der Waals surface area contributed by atoms with Crippen LogP contribution in [0.3, 0.4) is 0 Å². The summed E-state index contributed by atoms with van der Waals surface area (Å²) in [4.78, 5) is 0. The lowest BCUT2D eigenvalue weighted by molar-refractivity contribution is -0.0667. The molecule has 0 radical (unpaired) electrons. The third-order valence-corrected chi connectivity index (χ3v) is 2.59. The summed E-state index contributed by atoms with van der Waals surface area (Å²) in [5.41, 5.74) is 1.17. The van der Waals surface area contributed by atoms with E-state index in [0.29, 0.717) is 0 Å². The lowest BCUT2D eigenvalue weighted by Crippen LogP contribution is -2.36. The zero-order chi connectivity index (χ0) is 12.9. The fraction of sp³-hybridized carbons (Fsp3) is 0.600. The second-order valence-corrected chi connectivity index (χ2v) is 5.38. The number of hydrogen-bond donors (Lipinski definition) is 1. The fourth-order valence-corrected chi connectivity index (χ4v) is 2.06. The van der Waals surface area contributed by atoms with Gasteiger partial charge >= 0.3 is 0 Å². The molecule has 2 unspecified atom stereocenters. The van der Waals surface area contributed by atoms with Gasteiger partial charge in [-0.1, -0.05) is 37.3 Å². The predicted molar refractivity (Wildman–Crippen MR) is 73.2 cm³/mol. The maximum atomic E-state index is 6.04. The Bertz CT molecular complexity index is 315. The van der Waals surface area contributed by atoms with Crippen molar-refractivity contribution in [3.63, 3.8) is 0 Å². The first-order chi connectivity index (χ1) is 7.94. The lowest BCUT2D eigenvalue weighted by atomic mass is 10.0. The first-order valence-electron chi connectivity index (χ1n) is 6.40. The van der Waals surface area contributed by atoms with Crippen molar-refractivity contribution in [2.45, 2.75) is 52.4 Å². The average Bonchev–Trinajstić information content (AvgIpc) is 2.24. The van der Waals surface area contributed by atoms with Crippen molar-refractivity contribution in [3.05, 3.63) is 35.9 Å². The fourth-order valence-electron chi connectivity index (χ4n) is 2.06. The molecule has 1 N–H and O–H groups in total. The molecule has 1 aromatic rings. The molecule has 1 aromatic carbocycles. The molecule has 96 valence electrons. The third kappa shape index (κ3) is 4.88. The van der Waals surface area contributed by atoms with Gasteiger partial charge in [0.05, 0.1) is 17.7 Å². The van der Waals surface area contributed by atoms with Crippen LogP contribution in [0.25, 0.3) is 0 Å². The monoisotopic (exact) mass is 235 g/mol. The van der Waals surface area contributed by atoms with Gasteiger partial charge < -0.3 is 10.1 Å². The molecule has 0 spiro atoms. The van der Waals surface area contributed by atoms with Crippen LogP contribution < -0.4 is 5.32 Å². The van der Waals surface area contributed by atoms with E-state index < -0.39 is 0 Å². The summed E-state index contributed by atoms with van der Waals surface area (Å²) in [5, 5.41) is 3.50. The Morgan fingerprint density at radius 3 is 2.24 bits per heavy atom. The second-order valence-electron chi connectivity index (χ2n) is 5.38. The van der Waals surface area contributed by atoms with E-state index in [1.54, 1.807) is 0 Å². The number of rotatable bonds is 5. The Kier molecular flexibility index (Phi) is 5.16. The summed E-state index contributed by atoms with van der Waals surface area (Å²) in [5.74, 6) is 0. The third-order valence-electron chi connectivity index (χ3n) is 2.59. The van der Waals surface area contributed by atoms with Crippen LogP contribution in [0.5, 0.6) is 0 Å². The van der Waals surface area contributed by atoms with E-state index in [4.69, 9.17) is 4.74 Å². The van der Waals surface area contributed by atoms with Crippen LogP contribution >= 0.6 is 0 Å². The summed E-state index contributed by atoms with van der Waals surface area (Å²) in [6.07, 6.45) is 0.150. The minimum absolute atomic E-state index is 0.109. The number of likely N-dealkylation sites (N-methyl/N-ethyl adjacent to an activating group) is 1. The van der Waals surface area contributed by atoms with E-state index in [9.17, 15) is 0 Å². The zero-order valence-electron chi connectivity index (χ0n) is 11.7. The summed E-state index contributed by atoms with van der Waals surface area (Å²) in [6, 6.07) is 10.7. The van der Waals surface area contributed by atoms with Gasteiger partial charge in [-0.3, -0.25) is 0 Å². The molecule has 0 saturated heterocycles. The molecule has 0 aromatic heterocycles. The largest absolute Gasteiger partial charge is 0.371 e. The van der Waals surface area contributed by atoms with Crippen LogP contribution in [0.15, 0.2) is 30.3 Å². The molecule has 0 aliphatic rings. The SMILES string of the molecule is CCNC(c1ccccc1)C(C)OC(C)(C)C. The second kappa shape index (κ2) is 6.18. The average molecular weight is 235 g/mol. The van der Waals surface area contributed by atoms with Gasteiger partial charge in [0.2, 0.25) is 0 Å². The topological polar surface area (TPSA) is 21.3 Å². The van der Waals surface area contributed by atoms with Gasteiger partial charge in [0.15, 0.2) is 0 Å². The molecule has 2 nitrogen and oxygen atoms in total. The highest BCUT2D eigenvalue weighted by Gasteiger charge is 2.23. The highest BCUT2D eigenvalue weighted by Crippen LogP contribution is 2.23. The molecule has 17 heavy (non-hydrogen) atoms. The Hall–Kier alpha value is -0.860. The van der Waals surface area contributed by atoms with Crippen molar-refractivity contribution in [2.75, 3.05) is 6.54 Å². The molecule has 0 bridgehead atoms. The molecule has 2 atom stereocenters. The van der Waals surface area contributed by atoms with Crippen LogP contribution in [-0.2, 0) is 4.74 Å². The Balaban J connectivity index is 2.79. The molecular formula is C15H25NO. The molecule has 2 heteroatoms. The summed E-state index contributed by atoms with van der Waals surface area (Å²) in [7, 11) is 0.